The lowest BCUT2D eigenvalue weighted by Gasteiger charge is -2.09. The Morgan fingerprint density at radius 1 is 0.800 bits per heavy atom. The first-order valence-corrected chi connectivity index (χ1v) is 13.1. The van der Waals surface area contributed by atoms with Gasteiger partial charge in [0, 0.05) is 30.3 Å². The van der Waals surface area contributed by atoms with Crippen molar-refractivity contribution in [3.63, 3.8) is 0 Å². The molecule has 0 unspecified atom stereocenters. The molecule has 0 fully saturated rings. The van der Waals surface area contributed by atoms with Gasteiger partial charge < -0.3 is 4.57 Å². The highest BCUT2D eigenvalue weighted by molar-refractivity contribution is 7.91. The summed E-state index contributed by atoms with van der Waals surface area (Å²) in [6, 6.07) is 25.2. The fourth-order valence-corrected chi connectivity index (χ4v) is 4.99. The maximum atomic E-state index is 13.4. The molecule has 1 aromatic heterocycles. The van der Waals surface area contributed by atoms with Crippen molar-refractivity contribution in [2.24, 2.45) is 0 Å². The van der Waals surface area contributed by atoms with Crippen molar-refractivity contribution in [3.05, 3.63) is 119 Å². The molecule has 4 rings (SSSR count). The predicted octanol–water partition coefficient (Wildman–Crippen LogP) is 5.16. The zero-order chi connectivity index (χ0) is 25.0. The molecule has 3 aromatic carbocycles. The zero-order valence-corrected chi connectivity index (χ0v) is 20.6. The minimum Gasteiger partial charge on any atom is -0.313 e. The molecule has 0 spiro atoms. The molecule has 4 aromatic rings. The van der Waals surface area contributed by atoms with E-state index in [0.717, 1.165) is 22.4 Å². The number of aromatic nitrogens is 1. The molecular formula is C29H27NO4S. The lowest BCUT2D eigenvalue weighted by Crippen LogP contribution is -2.10. The normalized spacial score (nSPS) is 11.4. The SMILES string of the molecule is CCS(=O)(=O)c1ccc(CC(=O)Cc2cn(-c3ccccc3)c(C(=O)c3ccccc3)c2C)cc1. The molecule has 0 amide bonds. The van der Waals surface area contributed by atoms with Crippen LogP contribution in [-0.2, 0) is 27.5 Å². The highest BCUT2D eigenvalue weighted by atomic mass is 32.2. The number of rotatable bonds is 9. The van der Waals surface area contributed by atoms with Gasteiger partial charge in [0.05, 0.1) is 16.3 Å². The van der Waals surface area contributed by atoms with Crippen molar-refractivity contribution in [2.45, 2.75) is 31.6 Å². The number of para-hydroxylation sites is 1. The predicted molar refractivity (Wildman–Crippen MR) is 137 cm³/mol. The van der Waals surface area contributed by atoms with E-state index in [1.165, 1.54) is 0 Å². The van der Waals surface area contributed by atoms with Crippen LogP contribution < -0.4 is 0 Å². The standard InChI is InChI=1S/C29H27NO4S/c1-3-35(33,34)27-16-14-22(15-17-27)18-26(31)19-24-20-30(25-12-8-5-9-13-25)28(21(24)2)29(32)23-10-6-4-7-11-23/h4-17,20H,3,18-19H2,1-2H3. The average molecular weight is 486 g/mol. The van der Waals surface area contributed by atoms with Gasteiger partial charge in [0.2, 0.25) is 5.78 Å². The Hall–Kier alpha value is -3.77. The third-order valence-electron chi connectivity index (χ3n) is 6.10. The second-order valence-electron chi connectivity index (χ2n) is 8.47. The van der Waals surface area contributed by atoms with Gasteiger partial charge in [-0.15, -0.1) is 0 Å². The van der Waals surface area contributed by atoms with Gasteiger partial charge in [0.1, 0.15) is 5.78 Å². The molecule has 0 radical (unpaired) electrons. The number of ketones is 2. The summed E-state index contributed by atoms with van der Waals surface area (Å²) < 4.78 is 25.9. The molecule has 35 heavy (non-hydrogen) atoms. The summed E-state index contributed by atoms with van der Waals surface area (Å²) in [5.41, 5.74) is 4.31. The van der Waals surface area contributed by atoms with Crippen LogP contribution in [0.15, 0.2) is 96.0 Å². The Morgan fingerprint density at radius 3 is 2.00 bits per heavy atom. The van der Waals surface area contributed by atoms with E-state index in [9.17, 15) is 18.0 Å². The van der Waals surface area contributed by atoms with E-state index in [1.54, 1.807) is 43.3 Å². The third-order valence-corrected chi connectivity index (χ3v) is 7.85. The van der Waals surface area contributed by atoms with Gasteiger partial charge in [-0.3, -0.25) is 9.59 Å². The molecular weight excluding hydrogens is 458 g/mol. The van der Waals surface area contributed by atoms with Crippen LogP contribution in [0.3, 0.4) is 0 Å². The number of hydrogen-bond donors (Lipinski definition) is 0. The van der Waals surface area contributed by atoms with Crippen LogP contribution in [0.25, 0.3) is 5.69 Å². The van der Waals surface area contributed by atoms with Crippen molar-refractivity contribution in [2.75, 3.05) is 5.75 Å². The number of carbonyl (C=O) groups excluding carboxylic acids is 2. The van der Waals surface area contributed by atoms with Crippen LogP contribution in [0.2, 0.25) is 0 Å². The van der Waals surface area contributed by atoms with Crippen molar-refractivity contribution < 1.29 is 18.0 Å². The Labute approximate surface area is 206 Å². The van der Waals surface area contributed by atoms with Gasteiger partial charge in [-0.05, 0) is 47.9 Å². The lowest BCUT2D eigenvalue weighted by molar-refractivity contribution is -0.117. The summed E-state index contributed by atoms with van der Waals surface area (Å²) in [4.78, 5) is 26.7. The van der Waals surface area contributed by atoms with Crippen LogP contribution in [0.4, 0.5) is 0 Å². The van der Waals surface area contributed by atoms with E-state index in [-0.39, 0.29) is 35.1 Å². The van der Waals surface area contributed by atoms with Gasteiger partial charge >= 0.3 is 0 Å². The molecule has 0 N–H and O–H groups in total. The highest BCUT2D eigenvalue weighted by Crippen LogP contribution is 2.25. The molecule has 0 bridgehead atoms. The molecule has 0 saturated heterocycles. The third kappa shape index (κ3) is 5.33. The van der Waals surface area contributed by atoms with E-state index >= 15 is 0 Å². The Kier molecular flexibility index (Phi) is 7.12. The number of nitrogens with zero attached hydrogens (tertiary/aromatic N) is 1. The zero-order valence-electron chi connectivity index (χ0n) is 19.8. The van der Waals surface area contributed by atoms with Crippen molar-refractivity contribution in [1.82, 2.24) is 4.57 Å². The van der Waals surface area contributed by atoms with Gasteiger partial charge in [-0.25, -0.2) is 8.42 Å². The van der Waals surface area contributed by atoms with E-state index in [1.807, 2.05) is 66.2 Å². The van der Waals surface area contributed by atoms with Crippen LogP contribution in [0.5, 0.6) is 0 Å². The number of carbonyl (C=O) groups is 2. The number of Topliss-reactive ketones (excluding diaryl/α,β-unsaturated/α-hetero) is 1. The molecule has 0 aliphatic carbocycles. The summed E-state index contributed by atoms with van der Waals surface area (Å²) in [5, 5.41) is 0. The summed E-state index contributed by atoms with van der Waals surface area (Å²) in [5.74, 6) is -0.0750. The second-order valence-corrected chi connectivity index (χ2v) is 10.7. The Balaban J connectivity index is 1.62. The minimum absolute atomic E-state index is 0.0110. The van der Waals surface area contributed by atoms with Gasteiger partial charge in [-0.2, -0.15) is 0 Å². The lowest BCUT2D eigenvalue weighted by atomic mass is 9.99. The van der Waals surface area contributed by atoms with Crippen LogP contribution in [0, 0.1) is 6.92 Å². The maximum absolute atomic E-state index is 13.4. The topological polar surface area (TPSA) is 73.2 Å². The first kappa shape index (κ1) is 24.4. The Morgan fingerprint density at radius 2 is 1.40 bits per heavy atom. The molecule has 0 aliphatic heterocycles. The fraction of sp³-hybridized carbons (Fsp3) is 0.172. The van der Waals surface area contributed by atoms with E-state index < -0.39 is 9.84 Å². The maximum Gasteiger partial charge on any atom is 0.210 e. The number of benzene rings is 3. The summed E-state index contributed by atoms with van der Waals surface area (Å²) in [6.07, 6.45) is 2.23. The van der Waals surface area contributed by atoms with Crippen LogP contribution in [-0.4, -0.2) is 30.3 Å². The van der Waals surface area contributed by atoms with E-state index in [4.69, 9.17) is 0 Å². The molecule has 0 saturated carbocycles. The van der Waals surface area contributed by atoms with Crippen molar-refractivity contribution in [1.29, 1.82) is 0 Å². The second kappa shape index (κ2) is 10.2. The van der Waals surface area contributed by atoms with Crippen LogP contribution >= 0.6 is 0 Å². The van der Waals surface area contributed by atoms with Gasteiger partial charge in [0.25, 0.3) is 0 Å². The van der Waals surface area contributed by atoms with E-state index in [2.05, 4.69) is 0 Å². The molecule has 0 aliphatic rings. The minimum atomic E-state index is -3.28. The summed E-state index contributed by atoms with van der Waals surface area (Å²) in [6.45, 7) is 3.48. The largest absolute Gasteiger partial charge is 0.313 e. The first-order valence-electron chi connectivity index (χ1n) is 11.5. The first-order chi connectivity index (χ1) is 16.8. The van der Waals surface area contributed by atoms with Crippen molar-refractivity contribution in [3.8, 4) is 5.69 Å². The number of hydrogen-bond acceptors (Lipinski definition) is 4. The van der Waals surface area contributed by atoms with Crippen molar-refractivity contribution >= 4 is 21.4 Å². The molecule has 6 heteroatoms. The van der Waals surface area contributed by atoms with Gasteiger partial charge in [0.15, 0.2) is 9.84 Å². The molecule has 0 atom stereocenters. The van der Waals surface area contributed by atoms with E-state index in [0.29, 0.717) is 11.3 Å². The Bertz CT molecular complexity index is 1450. The summed E-state index contributed by atoms with van der Waals surface area (Å²) in [7, 11) is -3.28. The average Bonchev–Trinajstić information content (AvgIpc) is 3.20. The number of sulfone groups is 1. The van der Waals surface area contributed by atoms with Gasteiger partial charge in [-0.1, -0.05) is 67.6 Å². The smallest absolute Gasteiger partial charge is 0.210 e. The fourth-order valence-electron chi connectivity index (χ4n) is 4.11. The quantitative estimate of drug-likeness (QED) is 0.307. The molecule has 178 valence electrons. The molecule has 5 nitrogen and oxygen atoms in total. The highest BCUT2D eigenvalue weighted by Gasteiger charge is 2.22. The van der Waals surface area contributed by atoms with Crippen LogP contribution in [0.1, 0.15) is 39.7 Å². The molecule has 1 heterocycles. The monoisotopic (exact) mass is 485 g/mol. The summed E-state index contributed by atoms with van der Waals surface area (Å²) >= 11 is 0.